The zero-order chi connectivity index (χ0) is 18.7. The normalized spacial score (nSPS) is 13.3. The Hall–Kier alpha value is -2.48. The number of aromatic nitrogens is 2. The molecule has 0 fully saturated rings. The lowest BCUT2D eigenvalue weighted by molar-refractivity contribution is -0.304. The molecule has 8 heteroatoms. The second kappa shape index (κ2) is 7.60. The van der Waals surface area contributed by atoms with Crippen molar-refractivity contribution in [2.45, 2.75) is 31.3 Å². The zero-order valence-electron chi connectivity index (χ0n) is 14.5. The van der Waals surface area contributed by atoms with Gasteiger partial charge in [-0.15, -0.1) is 11.8 Å². The molecular weight excluding hydrogens is 342 g/mol. The van der Waals surface area contributed by atoms with E-state index in [1.54, 1.807) is 37.7 Å². The lowest BCUT2D eigenvalue weighted by atomic mass is 10.3. The molecule has 0 spiro atoms. The van der Waals surface area contributed by atoms with Crippen molar-refractivity contribution in [2.75, 3.05) is 5.32 Å². The topological polar surface area (TPSA) is 96.2 Å². The highest BCUT2D eigenvalue weighted by Crippen LogP contribution is 2.20. The van der Waals surface area contributed by atoms with Crippen LogP contribution in [0.4, 0.5) is 5.69 Å². The van der Waals surface area contributed by atoms with Crippen molar-refractivity contribution in [3.05, 3.63) is 46.4 Å². The van der Waals surface area contributed by atoms with Gasteiger partial charge in [-0.05, 0) is 32.9 Å². The molecule has 7 nitrogen and oxygen atoms in total. The van der Waals surface area contributed by atoms with Gasteiger partial charge in [0.1, 0.15) is 5.69 Å². The summed E-state index contributed by atoms with van der Waals surface area (Å²) in [5.74, 6) is -1.66. The predicted octanol–water partition coefficient (Wildman–Crippen LogP) is 0.683. The number of hydrogen-bond donors (Lipinski definition) is 1. The molecule has 0 saturated carbocycles. The number of thioether (sulfide) groups is 1. The summed E-state index contributed by atoms with van der Waals surface area (Å²) in [6.45, 7) is 4.78. The van der Waals surface area contributed by atoms with E-state index in [0.29, 0.717) is 11.4 Å². The fourth-order valence-corrected chi connectivity index (χ4v) is 3.27. The molecule has 2 rings (SSSR count). The highest BCUT2D eigenvalue weighted by molar-refractivity contribution is 8.01. The number of carboxylic acids is 1. The number of carbonyl (C=O) groups is 2. The van der Waals surface area contributed by atoms with Crippen LogP contribution in [0, 0.1) is 6.92 Å². The van der Waals surface area contributed by atoms with Crippen molar-refractivity contribution in [3.8, 4) is 5.69 Å². The van der Waals surface area contributed by atoms with Gasteiger partial charge in [-0.3, -0.25) is 14.3 Å². The number of nitrogens with one attached hydrogen (secondary N) is 1. The third kappa shape index (κ3) is 3.96. The Labute approximate surface area is 149 Å². The second-order valence-electron chi connectivity index (χ2n) is 5.67. The number of nitrogens with zero attached hydrogens (tertiary/aromatic N) is 2. The van der Waals surface area contributed by atoms with Crippen LogP contribution < -0.4 is 16.0 Å². The van der Waals surface area contributed by atoms with Crippen molar-refractivity contribution in [2.24, 2.45) is 7.05 Å². The van der Waals surface area contributed by atoms with Gasteiger partial charge in [0.05, 0.1) is 22.6 Å². The van der Waals surface area contributed by atoms with Crippen molar-refractivity contribution >= 4 is 29.3 Å². The first-order valence-electron chi connectivity index (χ1n) is 7.75. The van der Waals surface area contributed by atoms with Crippen LogP contribution >= 0.6 is 11.8 Å². The monoisotopic (exact) mass is 362 g/mol. The molecule has 0 radical (unpaired) electrons. The van der Waals surface area contributed by atoms with E-state index in [9.17, 15) is 19.5 Å². The Morgan fingerprint density at radius 1 is 1.16 bits per heavy atom. The number of carbonyl (C=O) groups excluding carboxylic acids is 2. The summed E-state index contributed by atoms with van der Waals surface area (Å²) >= 11 is 0.964. The Kier molecular flexibility index (Phi) is 5.73. The molecule has 25 heavy (non-hydrogen) atoms. The molecule has 0 aliphatic carbocycles. The largest absolute Gasteiger partial charge is 0.549 e. The van der Waals surface area contributed by atoms with E-state index in [1.165, 1.54) is 11.6 Å². The van der Waals surface area contributed by atoms with Crippen LogP contribution in [0.25, 0.3) is 5.69 Å². The summed E-state index contributed by atoms with van der Waals surface area (Å²) in [4.78, 5) is 35.9. The molecule has 1 aromatic carbocycles. The average molecular weight is 362 g/mol. The Balaban J connectivity index is 2.28. The highest BCUT2D eigenvalue weighted by Gasteiger charge is 2.22. The van der Waals surface area contributed by atoms with Crippen LogP contribution in [0.2, 0.25) is 0 Å². The van der Waals surface area contributed by atoms with Crippen molar-refractivity contribution in [1.82, 2.24) is 9.36 Å². The van der Waals surface area contributed by atoms with E-state index in [1.807, 2.05) is 18.2 Å². The van der Waals surface area contributed by atoms with Crippen molar-refractivity contribution in [1.29, 1.82) is 0 Å². The fraction of sp³-hybridized carbons (Fsp3) is 0.353. The van der Waals surface area contributed by atoms with Gasteiger partial charge in [0.2, 0.25) is 5.91 Å². The van der Waals surface area contributed by atoms with Gasteiger partial charge in [0, 0.05) is 12.3 Å². The van der Waals surface area contributed by atoms with E-state index in [4.69, 9.17) is 0 Å². The van der Waals surface area contributed by atoms with Gasteiger partial charge < -0.3 is 15.2 Å². The van der Waals surface area contributed by atoms with Crippen LogP contribution in [-0.4, -0.2) is 31.7 Å². The predicted molar refractivity (Wildman–Crippen MR) is 95.9 cm³/mol. The third-order valence-corrected chi connectivity index (χ3v) is 5.13. The van der Waals surface area contributed by atoms with Crippen LogP contribution in [0.5, 0.6) is 0 Å². The molecule has 0 aliphatic heterocycles. The lowest BCUT2D eigenvalue weighted by Gasteiger charge is -2.17. The number of aliphatic carboxylic acids is 1. The van der Waals surface area contributed by atoms with E-state index < -0.39 is 22.4 Å². The average Bonchev–Trinajstić information content (AvgIpc) is 2.78. The lowest BCUT2D eigenvalue weighted by Crippen LogP contribution is -2.35. The Morgan fingerprint density at radius 2 is 1.76 bits per heavy atom. The minimum absolute atomic E-state index is 0.185. The number of anilines is 1. The Bertz CT molecular complexity index is 842. The molecule has 0 saturated heterocycles. The maximum absolute atomic E-state index is 12.7. The highest BCUT2D eigenvalue weighted by atomic mass is 32.2. The number of rotatable bonds is 6. The summed E-state index contributed by atoms with van der Waals surface area (Å²) in [6.07, 6.45) is 0. The minimum Gasteiger partial charge on any atom is -0.549 e. The first kappa shape index (κ1) is 18.9. The zero-order valence-corrected chi connectivity index (χ0v) is 15.3. The van der Waals surface area contributed by atoms with Crippen LogP contribution in [0.3, 0.4) is 0 Å². The maximum atomic E-state index is 12.7. The van der Waals surface area contributed by atoms with Gasteiger partial charge in [-0.1, -0.05) is 18.2 Å². The van der Waals surface area contributed by atoms with E-state index in [-0.39, 0.29) is 11.2 Å². The molecule has 2 aromatic rings. The third-order valence-electron chi connectivity index (χ3n) is 3.91. The molecule has 134 valence electrons. The van der Waals surface area contributed by atoms with Crippen LogP contribution in [0.15, 0.2) is 35.1 Å². The summed E-state index contributed by atoms with van der Waals surface area (Å²) in [5.41, 5.74) is 1.13. The smallest absolute Gasteiger partial charge is 0.295 e. The second-order valence-corrected chi connectivity index (χ2v) is 7.35. The molecule has 1 N–H and O–H groups in total. The van der Waals surface area contributed by atoms with Crippen LogP contribution in [-0.2, 0) is 16.6 Å². The van der Waals surface area contributed by atoms with Gasteiger partial charge in [0.25, 0.3) is 5.56 Å². The quantitative estimate of drug-likeness (QED) is 0.815. The molecule has 0 aliphatic rings. The van der Waals surface area contributed by atoms with Crippen molar-refractivity contribution in [3.63, 3.8) is 0 Å². The van der Waals surface area contributed by atoms with Gasteiger partial charge in [-0.2, -0.15) is 0 Å². The van der Waals surface area contributed by atoms with Gasteiger partial charge in [-0.25, -0.2) is 4.68 Å². The van der Waals surface area contributed by atoms with Crippen LogP contribution in [0.1, 0.15) is 19.5 Å². The number of para-hydroxylation sites is 1. The molecule has 1 aromatic heterocycles. The maximum Gasteiger partial charge on any atom is 0.295 e. The molecule has 2 atom stereocenters. The first-order valence-corrected chi connectivity index (χ1v) is 8.69. The van der Waals surface area contributed by atoms with E-state index in [0.717, 1.165) is 11.8 Å². The molecule has 1 heterocycles. The number of amides is 1. The number of benzene rings is 1. The molecule has 0 unspecified atom stereocenters. The number of carboxylic acid groups (broad SMARTS) is 1. The summed E-state index contributed by atoms with van der Waals surface area (Å²) in [5, 5.41) is 12.0. The first-order chi connectivity index (χ1) is 11.7. The summed E-state index contributed by atoms with van der Waals surface area (Å²) < 4.78 is 3.13. The summed E-state index contributed by atoms with van der Waals surface area (Å²) in [7, 11) is 1.73. The molecule has 0 bridgehead atoms. The van der Waals surface area contributed by atoms with Gasteiger partial charge in [0.15, 0.2) is 0 Å². The van der Waals surface area contributed by atoms with Gasteiger partial charge >= 0.3 is 0 Å². The SMILES string of the molecule is Cc1c(NC(=O)[C@H](C)S[C@H](C)C(=O)[O-])c(=O)n(-c2ccccc2)n1C. The minimum atomic E-state index is -1.23. The van der Waals surface area contributed by atoms with E-state index >= 15 is 0 Å². The standard InChI is InChI=1S/C17H21N3O4S/c1-10-14(18-15(21)11(2)25-12(3)17(23)24)16(22)20(19(10)4)13-8-6-5-7-9-13/h5-9,11-12H,1-4H3,(H,18,21)(H,23,24)/p-1/t11-,12+/m0/s1. The molecule has 1 amide bonds. The van der Waals surface area contributed by atoms with E-state index in [2.05, 4.69) is 5.32 Å². The summed E-state index contributed by atoms with van der Waals surface area (Å²) in [6, 6.07) is 9.09. The molecular formula is C17H20N3O4S-. The van der Waals surface area contributed by atoms with Crippen molar-refractivity contribution < 1.29 is 14.7 Å². The Morgan fingerprint density at radius 3 is 2.32 bits per heavy atom. The fourth-order valence-electron chi connectivity index (χ4n) is 2.36. The number of hydrogen-bond acceptors (Lipinski definition) is 5.